The smallest absolute Gasteiger partial charge is 0.251 e. The molecule has 1 aromatic rings. The summed E-state index contributed by atoms with van der Waals surface area (Å²) in [7, 11) is 0. The van der Waals surface area contributed by atoms with Gasteiger partial charge < -0.3 is 5.32 Å². The lowest BCUT2D eigenvalue weighted by Crippen LogP contribution is -2.48. The first-order valence-corrected chi connectivity index (χ1v) is 8.15. The molecule has 0 heterocycles. The van der Waals surface area contributed by atoms with Gasteiger partial charge in [0.1, 0.15) is 0 Å². The maximum Gasteiger partial charge on any atom is 0.251 e. The molecule has 1 aromatic carbocycles. The summed E-state index contributed by atoms with van der Waals surface area (Å²) in [4.78, 5) is 12.1. The molecule has 0 unspecified atom stereocenters. The Balaban J connectivity index is 2.90. The molecule has 17 heavy (non-hydrogen) atoms. The van der Waals surface area contributed by atoms with E-state index >= 15 is 0 Å². The number of nitrogens with one attached hydrogen (secondary N) is 1. The zero-order chi connectivity index (χ0) is 13.1. The van der Waals surface area contributed by atoms with Gasteiger partial charge in [0.25, 0.3) is 5.91 Å². The summed E-state index contributed by atoms with van der Waals surface area (Å²) in [5.41, 5.74) is 1.45. The largest absolute Gasteiger partial charge is 0.345 e. The van der Waals surface area contributed by atoms with Crippen LogP contribution in [0, 0.1) is 6.92 Å². The highest BCUT2D eigenvalue weighted by Gasteiger charge is 2.24. The minimum atomic E-state index is -0.284. The fraction of sp³-hybridized carbons (Fsp3) is 0.417. The van der Waals surface area contributed by atoms with E-state index in [4.69, 9.17) is 0 Å². The fourth-order valence-electron chi connectivity index (χ4n) is 1.32. The van der Waals surface area contributed by atoms with E-state index in [2.05, 4.69) is 53.1 Å². The second kappa shape index (κ2) is 6.34. The lowest BCUT2D eigenvalue weighted by atomic mass is 10.1. The van der Waals surface area contributed by atoms with E-state index in [1.54, 1.807) is 0 Å². The summed E-state index contributed by atoms with van der Waals surface area (Å²) in [5, 5.41) is 4.41. The molecule has 0 aromatic heterocycles. The van der Waals surface area contributed by atoms with Gasteiger partial charge in [-0.2, -0.15) is 0 Å². The Morgan fingerprint density at radius 3 is 2.35 bits per heavy atom. The number of hydrogen-bond acceptors (Lipinski definition) is 1. The number of carbonyl (C=O) groups excluding carboxylic acids is 1. The minimum Gasteiger partial charge on any atom is -0.345 e. The lowest BCUT2D eigenvalue weighted by Gasteiger charge is -2.26. The monoisotopic (exact) mass is 425 g/mol. The molecule has 0 atom stereocenters. The van der Waals surface area contributed by atoms with Crippen molar-refractivity contribution in [3.8, 4) is 0 Å². The third-order valence-corrected chi connectivity index (χ3v) is 5.24. The van der Waals surface area contributed by atoms with Crippen LogP contribution in [0.25, 0.3) is 0 Å². The van der Waals surface area contributed by atoms with Gasteiger partial charge >= 0.3 is 0 Å². The summed E-state index contributed by atoms with van der Waals surface area (Å²) in [6.45, 7) is 3.95. The molecule has 1 N–H and O–H groups in total. The standard InChI is InChI=1S/C12H14Br3NO/c1-8-3-9(5-10(15)4-8)11(17)16-12(2,6-13)7-14/h3-5H,6-7H2,1-2H3,(H,16,17). The first kappa shape index (κ1) is 15.2. The molecule has 0 aliphatic carbocycles. The van der Waals surface area contributed by atoms with Gasteiger partial charge in [-0.3, -0.25) is 4.79 Å². The van der Waals surface area contributed by atoms with Crippen LogP contribution in [0.1, 0.15) is 22.8 Å². The number of halogens is 3. The number of aryl methyl sites for hydroxylation is 1. The molecule has 94 valence electrons. The topological polar surface area (TPSA) is 29.1 Å². The van der Waals surface area contributed by atoms with Crippen molar-refractivity contribution in [2.75, 3.05) is 10.7 Å². The Kier molecular flexibility index (Phi) is 5.67. The predicted octanol–water partition coefficient (Wildman–Crippen LogP) is 4.04. The molecule has 5 heteroatoms. The summed E-state index contributed by atoms with van der Waals surface area (Å²) >= 11 is 10.2. The third-order valence-electron chi connectivity index (χ3n) is 2.31. The van der Waals surface area contributed by atoms with Gasteiger partial charge in [-0.1, -0.05) is 47.8 Å². The average molecular weight is 428 g/mol. The number of carbonyl (C=O) groups is 1. The lowest BCUT2D eigenvalue weighted by molar-refractivity contribution is 0.0923. The van der Waals surface area contributed by atoms with Crippen LogP contribution in [0.15, 0.2) is 22.7 Å². The highest BCUT2D eigenvalue weighted by Crippen LogP contribution is 2.17. The van der Waals surface area contributed by atoms with E-state index in [0.717, 1.165) is 10.0 Å². The minimum absolute atomic E-state index is 0.0594. The van der Waals surface area contributed by atoms with E-state index in [0.29, 0.717) is 16.2 Å². The number of hydrogen-bond donors (Lipinski definition) is 1. The highest BCUT2D eigenvalue weighted by molar-refractivity contribution is 9.10. The summed E-state index contributed by atoms with van der Waals surface area (Å²) in [6, 6.07) is 5.68. The van der Waals surface area contributed by atoms with Gasteiger partial charge in [-0.25, -0.2) is 0 Å². The van der Waals surface area contributed by atoms with Crippen molar-refractivity contribution in [3.05, 3.63) is 33.8 Å². The van der Waals surface area contributed by atoms with Crippen molar-refractivity contribution in [3.63, 3.8) is 0 Å². The van der Waals surface area contributed by atoms with Crippen LogP contribution in [0.2, 0.25) is 0 Å². The molecule has 1 amide bonds. The quantitative estimate of drug-likeness (QED) is 0.722. The molecule has 0 saturated heterocycles. The van der Waals surface area contributed by atoms with Crippen molar-refractivity contribution < 1.29 is 4.79 Å². The Hall–Kier alpha value is 0.130. The van der Waals surface area contributed by atoms with Crippen molar-refractivity contribution in [2.45, 2.75) is 19.4 Å². The first-order chi connectivity index (χ1) is 7.90. The second-order valence-electron chi connectivity index (χ2n) is 4.30. The van der Waals surface area contributed by atoms with Crippen LogP contribution in [-0.4, -0.2) is 22.1 Å². The number of benzene rings is 1. The van der Waals surface area contributed by atoms with Gasteiger partial charge in [0.15, 0.2) is 0 Å². The average Bonchev–Trinajstić information content (AvgIpc) is 2.27. The van der Waals surface area contributed by atoms with Gasteiger partial charge in [0.05, 0.1) is 5.54 Å². The maximum absolute atomic E-state index is 12.1. The number of rotatable bonds is 4. The molecular formula is C12H14Br3NO. The molecule has 0 spiro atoms. The van der Waals surface area contributed by atoms with Crippen LogP contribution < -0.4 is 5.32 Å². The predicted molar refractivity (Wildman–Crippen MR) is 82.3 cm³/mol. The Bertz CT molecular complexity index is 396. The van der Waals surface area contributed by atoms with Crippen LogP contribution >= 0.6 is 47.8 Å². The summed E-state index contributed by atoms with van der Waals surface area (Å²) in [5.74, 6) is -0.0594. The molecule has 0 bridgehead atoms. The maximum atomic E-state index is 12.1. The summed E-state index contributed by atoms with van der Waals surface area (Å²) < 4.78 is 0.919. The van der Waals surface area contributed by atoms with Gasteiger partial charge in [0.2, 0.25) is 0 Å². The SMILES string of the molecule is Cc1cc(Br)cc(C(=O)NC(C)(CBr)CBr)c1. The third kappa shape index (κ3) is 4.38. The zero-order valence-corrected chi connectivity index (χ0v) is 14.4. The molecular weight excluding hydrogens is 414 g/mol. The van der Waals surface area contributed by atoms with E-state index in [1.807, 2.05) is 32.0 Å². The van der Waals surface area contributed by atoms with Crippen LogP contribution in [0.5, 0.6) is 0 Å². The Morgan fingerprint density at radius 1 is 1.29 bits per heavy atom. The summed E-state index contributed by atoms with van der Waals surface area (Å²) in [6.07, 6.45) is 0. The normalized spacial score (nSPS) is 11.4. The van der Waals surface area contributed by atoms with Crippen LogP contribution in [-0.2, 0) is 0 Å². The van der Waals surface area contributed by atoms with E-state index in [9.17, 15) is 4.79 Å². The number of amides is 1. The van der Waals surface area contributed by atoms with Crippen molar-refractivity contribution in [2.24, 2.45) is 0 Å². The van der Waals surface area contributed by atoms with Gasteiger partial charge in [0, 0.05) is 20.7 Å². The molecule has 0 aliphatic heterocycles. The highest BCUT2D eigenvalue weighted by atomic mass is 79.9. The van der Waals surface area contributed by atoms with Crippen LogP contribution in [0.3, 0.4) is 0 Å². The molecule has 0 saturated carbocycles. The fourth-order valence-corrected chi connectivity index (χ4v) is 3.13. The Labute approximate surface area is 127 Å². The van der Waals surface area contributed by atoms with E-state index in [-0.39, 0.29) is 11.4 Å². The van der Waals surface area contributed by atoms with E-state index in [1.165, 1.54) is 0 Å². The van der Waals surface area contributed by atoms with Gasteiger partial charge in [-0.15, -0.1) is 0 Å². The molecule has 0 fully saturated rings. The zero-order valence-electron chi connectivity index (χ0n) is 9.69. The van der Waals surface area contributed by atoms with Crippen molar-refractivity contribution in [1.29, 1.82) is 0 Å². The van der Waals surface area contributed by atoms with Crippen molar-refractivity contribution >= 4 is 53.7 Å². The first-order valence-electron chi connectivity index (χ1n) is 5.12. The molecule has 0 radical (unpaired) electrons. The molecule has 1 rings (SSSR count). The number of alkyl halides is 2. The van der Waals surface area contributed by atoms with Crippen molar-refractivity contribution in [1.82, 2.24) is 5.32 Å². The molecule has 0 aliphatic rings. The van der Waals surface area contributed by atoms with E-state index < -0.39 is 0 Å². The molecule has 2 nitrogen and oxygen atoms in total. The Morgan fingerprint density at radius 2 is 1.88 bits per heavy atom. The second-order valence-corrected chi connectivity index (χ2v) is 6.34. The van der Waals surface area contributed by atoms with Gasteiger partial charge in [-0.05, 0) is 37.6 Å². The van der Waals surface area contributed by atoms with Crippen LogP contribution in [0.4, 0.5) is 0 Å².